The van der Waals surface area contributed by atoms with Crippen molar-refractivity contribution in [1.82, 2.24) is 9.55 Å². The van der Waals surface area contributed by atoms with Gasteiger partial charge >= 0.3 is 0 Å². The maximum Gasteiger partial charge on any atom is 0.0945 e. The molecule has 0 unspecified atom stereocenters. The number of hydrogen-bond donors (Lipinski definition) is 0. The molecule has 10 heavy (non-hydrogen) atoms. The summed E-state index contributed by atoms with van der Waals surface area (Å²) in [6.07, 6.45) is 6.79. The molecule has 0 spiro atoms. The highest BCUT2D eigenvalue weighted by molar-refractivity contribution is 14.1. The summed E-state index contributed by atoms with van der Waals surface area (Å²) in [5.74, 6) is 0. The van der Waals surface area contributed by atoms with Gasteiger partial charge in [0, 0.05) is 18.9 Å². The van der Waals surface area contributed by atoms with Crippen LogP contribution in [0.25, 0.3) is 0 Å². The Balaban J connectivity index is 0.000000371. The van der Waals surface area contributed by atoms with Crippen LogP contribution in [0, 0.1) is 0 Å². The number of halogens is 1. The van der Waals surface area contributed by atoms with Gasteiger partial charge in [0.1, 0.15) is 0 Å². The van der Waals surface area contributed by atoms with E-state index in [0.29, 0.717) is 0 Å². The minimum Gasteiger partial charge on any atom is -0.338 e. The molecule has 0 saturated carbocycles. The van der Waals surface area contributed by atoms with E-state index >= 15 is 0 Å². The van der Waals surface area contributed by atoms with Crippen molar-refractivity contribution < 1.29 is 0 Å². The van der Waals surface area contributed by atoms with Crippen LogP contribution in [0.2, 0.25) is 0 Å². The molecule has 0 amide bonds. The van der Waals surface area contributed by atoms with Crippen LogP contribution in [0.15, 0.2) is 18.7 Å². The third-order valence-corrected chi connectivity index (χ3v) is 1.04. The molecule has 1 aromatic heterocycles. The van der Waals surface area contributed by atoms with E-state index in [1.807, 2.05) is 17.5 Å². The topological polar surface area (TPSA) is 17.8 Å². The van der Waals surface area contributed by atoms with Crippen LogP contribution < -0.4 is 0 Å². The Morgan fingerprint density at radius 3 is 2.60 bits per heavy atom. The number of imidazole rings is 1. The maximum atomic E-state index is 3.90. The largest absolute Gasteiger partial charge is 0.338 e. The zero-order valence-electron chi connectivity index (χ0n) is 6.42. The molecular weight excluding hydrogens is 239 g/mol. The van der Waals surface area contributed by atoms with E-state index in [4.69, 9.17) is 0 Å². The lowest BCUT2D eigenvalue weighted by molar-refractivity contribution is 0.678. The smallest absolute Gasteiger partial charge is 0.0945 e. The molecule has 0 aliphatic rings. The number of aromatic nitrogens is 2. The summed E-state index contributed by atoms with van der Waals surface area (Å²) < 4.78 is 2.07. The van der Waals surface area contributed by atoms with E-state index < -0.39 is 0 Å². The van der Waals surface area contributed by atoms with Crippen molar-refractivity contribution in [3.63, 3.8) is 0 Å². The summed E-state index contributed by atoms with van der Waals surface area (Å²) in [5, 5.41) is 0. The maximum absolute atomic E-state index is 3.90. The molecule has 0 radical (unpaired) electrons. The van der Waals surface area contributed by atoms with Crippen LogP contribution in [-0.2, 0) is 6.54 Å². The predicted molar refractivity (Wildman–Crippen MR) is 52.5 cm³/mol. The van der Waals surface area contributed by atoms with Crippen LogP contribution in [0.5, 0.6) is 0 Å². The molecule has 0 N–H and O–H groups in total. The van der Waals surface area contributed by atoms with Gasteiger partial charge in [0.25, 0.3) is 0 Å². The van der Waals surface area contributed by atoms with Crippen molar-refractivity contribution in [2.75, 3.05) is 4.93 Å². The van der Waals surface area contributed by atoms with Crippen molar-refractivity contribution in [3.05, 3.63) is 18.7 Å². The van der Waals surface area contributed by atoms with Crippen LogP contribution in [0.3, 0.4) is 0 Å². The first-order valence-electron chi connectivity index (χ1n) is 3.27. The van der Waals surface area contributed by atoms with Crippen LogP contribution in [-0.4, -0.2) is 14.5 Å². The second-order valence-electron chi connectivity index (χ2n) is 1.80. The van der Waals surface area contributed by atoms with Crippen molar-refractivity contribution in [2.45, 2.75) is 19.9 Å². The van der Waals surface area contributed by atoms with Gasteiger partial charge in [-0.1, -0.05) is 29.5 Å². The zero-order chi connectivity index (χ0) is 7.82. The summed E-state index contributed by atoms with van der Waals surface area (Å²) in [7, 11) is 0. The van der Waals surface area contributed by atoms with Gasteiger partial charge in [0.2, 0.25) is 0 Å². The van der Waals surface area contributed by atoms with Gasteiger partial charge in [-0.05, 0) is 11.4 Å². The quantitative estimate of drug-likeness (QED) is 0.583. The van der Waals surface area contributed by atoms with Crippen molar-refractivity contribution in [2.24, 2.45) is 0 Å². The molecule has 0 saturated heterocycles. The van der Waals surface area contributed by atoms with E-state index in [1.54, 1.807) is 6.20 Å². The van der Waals surface area contributed by atoms with Crippen LogP contribution in [0.4, 0.5) is 0 Å². The fourth-order valence-electron chi connectivity index (χ4n) is 0.677. The molecule has 1 aromatic rings. The molecule has 1 rings (SSSR count). The Bertz CT molecular complexity index is 137. The Hall–Kier alpha value is -0.0600. The Morgan fingerprint density at radius 1 is 1.50 bits per heavy atom. The molecule has 0 atom stereocenters. The van der Waals surface area contributed by atoms with Crippen molar-refractivity contribution >= 4 is 22.6 Å². The monoisotopic (exact) mass is 252 g/mol. The van der Waals surface area contributed by atoms with Crippen molar-refractivity contribution in [1.29, 1.82) is 0 Å². The second kappa shape index (κ2) is 7.05. The first kappa shape index (κ1) is 9.94. The summed E-state index contributed by atoms with van der Waals surface area (Å²) in [6.45, 7) is 3.24. The highest BCUT2D eigenvalue weighted by atomic mass is 127. The number of alkyl halides is 1. The third kappa shape index (κ3) is 3.87. The fourth-order valence-corrected chi connectivity index (χ4v) is 0.677. The third-order valence-electron chi connectivity index (χ3n) is 1.04. The predicted octanol–water partition coefficient (Wildman–Crippen LogP) is 2.34. The van der Waals surface area contributed by atoms with Gasteiger partial charge in [0.05, 0.1) is 6.33 Å². The highest BCUT2D eigenvalue weighted by Crippen LogP contribution is 1.87. The number of nitrogens with zero attached hydrogens (tertiary/aromatic N) is 2. The number of hydrogen-bond acceptors (Lipinski definition) is 1. The lowest BCUT2D eigenvalue weighted by atomic mass is 10.5. The normalized spacial score (nSPS) is 8.30. The lowest BCUT2D eigenvalue weighted by Crippen LogP contribution is -1.90. The number of rotatable bonds is 2. The average Bonchev–Trinajstić information content (AvgIpc) is 2.46. The summed E-state index contributed by atoms with van der Waals surface area (Å²) >= 11 is 2.15. The van der Waals surface area contributed by atoms with Gasteiger partial charge < -0.3 is 4.57 Å². The molecule has 0 fully saturated rings. The molecular formula is C7H13IN2. The Kier molecular flexibility index (Phi) is 7.01. The second-order valence-corrected chi connectivity index (χ2v) is 1.80. The van der Waals surface area contributed by atoms with Gasteiger partial charge in [0.15, 0.2) is 0 Å². The molecule has 0 bridgehead atoms. The first-order valence-corrected chi connectivity index (χ1v) is 5.42. The van der Waals surface area contributed by atoms with E-state index in [9.17, 15) is 0 Å². The first-order chi connectivity index (χ1) is 4.93. The van der Waals surface area contributed by atoms with Crippen LogP contribution >= 0.6 is 22.6 Å². The average molecular weight is 252 g/mol. The van der Waals surface area contributed by atoms with Crippen molar-refractivity contribution in [3.8, 4) is 0 Å². The van der Waals surface area contributed by atoms with Crippen LogP contribution in [0.1, 0.15) is 13.3 Å². The summed E-state index contributed by atoms with van der Waals surface area (Å²) in [6, 6.07) is 0. The summed E-state index contributed by atoms with van der Waals surface area (Å²) in [5.41, 5.74) is 0. The lowest BCUT2D eigenvalue weighted by Gasteiger charge is -1.93. The molecule has 2 nitrogen and oxygen atoms in total. The van der Waals surface area contributed by atoms with E-state index in [2.05, 4.69) is 39.1 Å². The minimum absolute atomic E-state index is 1.08. The standard InChI is InChI=1S/C6H10N2.CH3I/c1-2-4-8-5-3-7-6-8;1-2/h3,5-6H,2,4H2,1H3;1H3. The van der Waals surface area contributed by atoms with E-state index in [-0.39, 0.29) is 0 Å². The van der Waals surface area contributed by atoms with Gasteiger partial charge in [-0.3, -0.25) is 0 Å². The fraction of sp³-hybridized carbons (Fsp3) is 0.571. The molecule has 0 aromatic carbocycles. The van der Waals surface area contributed by atoms with E-state index in [0.717, 1.165) is 6.54 Å². The number of aryl methyl sites for hydroxylation is 1. The van der Waals surface area contributed by atoms with Gasteiger partial charge in [-0.15, -0.1) is 0 Å². The molecule has 1 heterocycles. The molecule has 0 aliphatic carbocycles. The SMILES string of the molecule is CCCn1ccnc1.CI. The van der Waals surface area contributed by atoms with E-state index in [1.165, 1.54) is 6.42 Å². The minimum atomic E-state index is 1.08. The highest BCUT2D eigenvalue weighted by Gasteiger charge is 1.81. The van der Waals surface area contributed by atoms with Gasteiger partial charge in [-0.25, -0.2) is 4.98 Å². The molecule has 58 valence electrons. The summed E-state index contributed by atoms with van der Waals surface area (Å²) in [4.78, 5) is 5.87. The Labute approximate surface area is 75.8 Å². The molecule has 3 heteroatoms. The Morgan fingerprint density at radius 2 is 2.20 bits per heavy atom. The molecule has 0 aliphatic heterocycles. The van der Waals surface area contributed by atoms with Gasteiger partial charge in [-0.2, -0.15) is 0 Å². The zero-order valence-corrected chi connectivity index (χ0v) is 8.58.